The van der Waals surface area contributed by atoms with Gasteiger partial charge in [-0.05, 0) is 25.7 Å². The number of hydrogen-bond acceptors (Lipinski definition) is 4. The Morgan fingerprint density at radius 1 is 1.29 bits per heavy atom. The van der Waals surface area contributed by atoms with E-state index in [-0.39, 0.29) is 11.8 Å². The van der Waals surface area contributed by atoms with E-state index >= 15 is 0 Å². The van der Waals surface area contributed by atoms with Gasteiger partial charge in [0.15, 0.2) is 0 Å². The van der Waals surface area contributed by atoms with Crippen LogP contribution in [0.4, 0.5) is 0 Å². The van der Waals surface area contributed by atoms with Gasteiger partial charge >= 0.3 is 0 Å². The summed E-state index contributed by atoms with van der Waals surface area (Å²) in [5.74, 6) is 0.244. The van der Waals surface area contributed by atoms with Crippen LogP contribution in [0.5, 0.6) is 0 Å². The van der Waals surface area contributed by atoms with E-state index in [1.54, 1.807) is 4.31 Å². The Bertz CT molecular complexity index is 669. The molecule has 1 aromatic heterocycles. The number of rotatable bonds is 7. The van der Waals surface area contributed by atoms with Crippen LogP contribution in [0.2, 0.25) is 0 Å². The van der Waals surface area contributed by atoms with Crippen LogP contribution < -0.4 is 0 Å². The van der Waals surface area contributed by atoms with E-state index < -0.39 is 10.0 Å². The molecule has 136 valence electrons. The first-order chi connectivity index (χ1) is 11.6. The largest absolute Gasteiger partial charge is 0.376 e. The standard InChI is InChI=1S/C17H29N3O3S/c1-3-5-12-24(21,22)20-10-6-7-16(20)17-14-13-23-11-8-15(14)19(18-17)9-4-2/h16H,3-13H2,1-2H3/t16-/m0/s1. The molecule has 0 N–H and O–H groups in total. The maximum absolute atomic E-state index is 12.7. The van der Waals surface area contributed by atoms with Gasteiger partial charge in [-0.3, -0.25) is 4.68 Å². The minimum absolute atomic E-state index is 0.111. The lowest BCUT2D eigenvalue weighted by atomic mass is 10.0. The molecule has 2 aliphatic rings. The first-order valence-electron chi connectivity index (χ1n) is 9.24. The molecule has 24 heavy (non-hydrogen) atoms. The predicted octanol–water partition coefficient (Wildman–Crippen LogP) is 2.63. The molecule has 0 spiro atoms. The van der Waals surface area contributed by atoms with E-state index in [1.165, 1.54) is 5.69 Å². The van der Waals surface area contributed by atoms with Crippen molar-refractivity contribution in [2.45, 2.75) is 71.6 Å². The summed E-state index contributed by atoms with van der Waals surface area (Å²) in [4.78, 5) is 0. The molecule has 3 heterocycles. The highest BCUT2D eigenvalue weighted by Crippen LogP contribution is 2.37. The van der Waals surface area contributed by atoms with E-state index in [0.717, 1.165) is 62.9 Å². The molecule has 0 aromatic carbocycles. The minimum Gasteiger partial charge on any atom is -0.376 e. The summed E-state index contributed by atoms with van der Waals surface area (Å²) in [6, 6.07) is -0.111. The van der Waals surface area contributed by atoms with Gasteiger partial charge in [0.25, 0.3) is 0 Å². The van der Waals surface area contributed by atoms with Crippen LogP contribution >= 0.6 is 0 Å². The van der Waals surface area contributed by atoms with Crippen LogP contribution in [-0.4, -0.2) is 41.4 Å². The number of unbranched alkanes of at least 4 members (excludes halogenated alkanes) is 1. The lowest BCUT2D eigenvalue weighted by molar-refractivity contribution is 0.107. The third-order valence-corrected chi connectivity index (χ3v) is 6.95. The summed E-state index contributed by atoms with van der Waals surface area (Å²) in [6.07, 6.45) is 5.28. The van der Waals surface area contributed by atoms with Crippen molar-refractivity contribution in [3.8, 4) is 0 Å². The smallest absolute Gasteiger partial charge is 0.214 e. The maximum Gasteiger partial charge on any atom is 0.214 e. The van der Waals surface area contributed by atoms with Gasteiger partial charge in [0.1, 0.15) is 0 Å². The van der Waals surface area contributed by atoms with Crippen LogP contribution in [0.15, 0.2) is 0 Å². The number of aryl methyl sites for hydroxylation is 1. The van der Waals surface area contributed by atoms with Crippen LogP contribution in [0, 0.1) is 0 Å². The van der Waals surface area contributed by atoms with Crippen molar-refractivity contribution >= 4 is 10.0 Å². The Kier molecular flexibility index (Phi) is 5.62. The van der Waals surface area contributed by atoms with Crippen LogP contribution in [-0.2, 0) is 34.3 Å². The molecule has 0 aliphatic carbocycles. The normalized spacial score (nSPS) is 22.0. The number of aromatic nitrogens is 2. The van der Waals surface area contributed by atoms with Crippen molar-refractivity contribution in [3.63, 3.8) is 0 Å². The van der Waals surface area contributed by atoms with Gasteiger partial charge in [-0.15, -0.1) is 0 Å². The monoisotopic (exact) mass is 355 g/mol. The fourth-order valence-corrected chi connectivity index (χ4v) is 5.68. The van der Waals surface area contributed by atoms with Gasteiger partial charge in [0, 0.05) is 30.8 Å². The van der Waals surface area contributed by atoms with Gasteiger partial charge in [-0.2, -0.15) is 9.40 Å². The van der Waals surface area contributed by atoms with Crippen molar-refractivity contribution in [1.82, 2.24) is 14.1 Å². The lowest BCUT2D eigenvalue weighted by Crippen LogP contribution is -2.33. The van der Waals surface area contributed by atoms with Crippen molar-refractivity contribution in [2.75, 3.05) is 18.9 Å². The molecular weight excluding hydrogens is 326 g/mol. The molecule has 1 saturated heterocycles. The van der Waals surface area contributed by atoms with Gasteiger partial charge in [0.2, 0.25) is 10.0 Å². The lowest BCUT2D eigenvalue weighted by Gasteiger charge is -2.24. The second-order valence-corrected chi connectivity index (χ2v) is 8.82. The Morgan fingerprint density at radius 3 is 2.88 bits per heavy atom. The molecule has 3 rings (SSSR count). The van der Waals surface area contributed by atoms with Crippen LogP contribution in [0.1, 0.15) is 68.9 Å². The van der Waals surface area contributed by atoms with Crippen LogP contribution in [0.3, 0.4) is 0 Å². The number of sulfonamides is 1. The molecule has 6 nitrogen and oxygen atoms in total. The van der Waals surface area contributed by atoms with E-state index in [4.69, 9.17) is 9.84 Å². The number of ether oxygens (including phenoxy) is 1. The molecule has 2 aliphatic heterocycles. The molecule has 1 atom stereocenters. The van der Waals surface area contributed by atoms with Crippen molar-refractivity contribution in [1.29, 1.82) is 0 Å². The predicted molar refractivity (Wildman–Crippen MR) is 93.3 cm³/mol. The first kappa shape index (κ1) is 17.9. The molecular formula is C17H29N3O3S. The number of nitrogens with zero attached hydrogens (tertiary/aromatic N) is 3. The van der Waals surface area contributed by atoms with Crippen molar-refractivity contribution in [2.24, 2.45) is 0 Å². The Labute approximate surface area is 145 Å². The SMILES string of the molecule is CCCCS(=O)(=O)N1CCC[C@H]1c1nn(CCC)c2c1COCC2. The molecule has 0 radical (unpaired) electrons. The highest BCUT2D eigenvalue weighted by atomic mass is 32.2. The van der Waals surface area contributed by atoms with E-state index in [0.29, 0.717) is 13.2 Å². The minimum atomic E-state index is -3.21. The Balaban J connectivity index is 1.92. The first-order valence-corrected chi connectivity index (χ1v) is 10.8. The summed E-state index contributed by atoms with van der Waals surface area (Å²) < 4.78 is 34.9. The summed E-state index contributed by atoms with van der Waals surface area (Å²) >= 11 is 0. The Morgan fingerprint density at radius 2 is 2.12 bits per heavy atom. The van der Waals surface area contributed by atoms with E-state index in [1.807, 2.05) is 6.92 Å². The van der Waals surface area contributed by atoms with Gasteiger partial charge in [-0.1, -0.05) is 20.3 Å². The zero-order valence-corrected chi connectivity index (χ0v) is 15.6. The van der Waals surface area contributed by atoms with E-state index in [2.05, 4.69) is 11.6 Å². The quantitative estimate of drug-likeness (QED) is 0.754. The van der Waals surface area contributed by atoms with Gasteiger partial charge < -0.3 is 4.74 Å². The molecule has 0 amide bonds. The molecule has 0 unspecified atom stereocenters. The second-order valence-electron chi connectivity index (χ2n) is 6.77. The number of hydrogen-bond donors (Lipinski definition) is 0. The number of fused-ring (bicyclic) bond motifs is 1. The van der Waals surface area contributed by atoms with Crippen molar-refractivity contribution in [3.05, 3.63) is 17.0 Å². The third-order valence-electron chi connectivity index (χ3n) is 5.00. The summed E-state index contributed by atoms with van der Waals surface area (Å²) in [5, 5.41) is 4.84. The molecule has 0 saturated carbocycles. The third kappa shape index (κ3) is 3.39. The average Bonchev–Trinajstić information content (AvgIpc) is 3.19. The second kappa shape index (κ2) is 7.54. The average molecular weight is 356 g/mol. The zero-order valence-electron chi connectivity index (χ0n) is 14.8. The Hall–Kier alpha value is -0.920. The van der Waals surface area contributed by atoms with E-state index in [9.17, 15) is 8.42 Å². The van der Waals surface area contributed by atoms with Crippen molar-refractivity contribution < 1.29 is 13.2 Å². The van der Waals surface area contributed by atoms with Crippen LogP contribution in [0.25, 0.3) is 0 Å². The molecule has 1 fully saturated rings. The fourth-order valence-electron chi connectivity index (χ4n) is 3.79. The van der Waals surface area contributed by atoms with Gasteiger partial charge in [-0.25, -0.2) is 8.42 Å². The molecule has 0 bridgehead atoms. The van der Waals surface area contributed by atoms with Gasteiger partial charge in [0.05, 0.1) is 30.7 Å². The summed E-state index contributed by atoms with van der Waals surface area (Å²) in [5.41, 5.74) is 3.32. The molecule has 1 aromatic rings. The highest BCUT2D eigenvalue weighted by Gasteiger charge is 2.38. The topological polar surface area (TPSA) is 64.4 Å². The maximum atomic E-state index is 12.7. The summed E-state index contributed by atoms with van der Waals surface area (Å²) in [7, 11) is -3.21. The highest BCUT2D eigenvalue weighted by molar-refractivity contribution is 7.89. The fraction of sp³-hybridized carbons (Fsp3) is 0.824. The molecule has 7 heteroatoms. The summed E-state index contributed by atoms with van der Waals surface area (Å²) in [6.45, 7) is 6.96. The zero-order chi connectivity index (χ0) is 17.2.